The summed E-state index contributed by atoms with van der Waals surface area (Å²) < 4.78 is 3.89. The zero-order valence-electron chi connectivity index (χ0n) is 12.5. The van der Waals surface area contributed by atoms with Crippen molar-refractivity contribution in [3.63, 3.8) is 0 Å². The van der Waals surface area contributed by atoms with Crippen LogP contribution >= 0.6 is 0 Å². The topological polar surface area (TPSA) is 64.7 Å². The molecule has 0 fully saturated rings. The summed E-state index contributed by atoms with van der Waals surface area (Å²) in [6.45, 7) is 3.70. The molecule has 0 aliphatic carbocycles. The molecule has 0 radical (unpaired) electrons. The van der Waals surface area contributed by atoms with Gasteiger partial charge in [-0.05, 0) is 18.8 Å². The van der Waals surface area contributed by atoms with E-state index in [-0.39, 0.29) is 5.91 Å². The predicted molar refractivity (Wildman–Crippen MR) is 79.0 cm³/mol. The maximum Gasteiger partial charge on any atom is 0.254 e. The lowest BCUT2D eigenvalue weighted by Crippen LogP contribution is -2.33. The van der Waals surface area contributed by atoms with E-state index >= 15 is 0 Å². The van der Waals surface area contributed by atoms with E-state index in [0.717, 1.165) is 37.3 Å². The fraction of sp³-hybridized carbons (Fsp3) is 0.533. The van der Waals surface area contributed by atoms with Crippen LogP contribution in [-0.2, 0) is 26.4 Å². The molecule has 6 heteroatoms. The van der Waals surface area contributed by atoms with Gasteiger partial charge < -0.3 is 9.88 Å². The van der Waals surface area contributed by atoms with E-state index in [2.05, 4.69) is 20.0 Å². The number of imidazole rings is 1. The largest absolute Gasteiger partial charge is 0.352 e. The van der Waals surface area contributed by atoms with Crippen LogP contribution in [0.1, 0.15) is 35.2 Å². The highest BCUT2D eigenvalue weighted by atomic mass is 16.1. The molecule has 3 rings (SSSR count). The molecule has 6 nitrogen and oxygen atoms in total. The predicted octanol–water partition coefficient (Wildman–Crippen LogP) is 1.17. The Balaban J connectivity index is 1.59. The fourth-order valence-electron chi connectivity index (χ4n) is 2.91. The van der Waals surface area contributed by atoms with E-state index in [1.807, 2.05) is 26.4 Å². The number of carbonyl (C=O) groups excluding carboxylic acids is 1. The average molecular weight is 287 g/mol. The van der Waals surface area contributed by atoms with E-state index in [4.69, 9.17) is 0 Å². The maximum absolute atomic E-state index is 12.3. The Morgan fingerprint density at radius 1 is 1.52 bits per heavy atom. The molecule has 0 saturated heterocycles. The Kier molecular flexibility index (Phi) is 3.77. The van der Waals surface area contributed by atoms with Gasteiger partial charge in [0.1, 0.15) is 5.82 Å². The summed E-state index contributed by atoms with van der Waals surface area (Å²) in [5, 5.41) is 7.36. The zero-order chi connectivity index (χ0) is 14.8. The molecule has 1 amide bonds. The lowest BCUT2D eigenvalue weighted by molar-refractivity contribution is 0.0943. The molecule has 0 bridgehead atoms. The van der Waals surface area contributed by atoms with Crippen molar-refractivity contribution in [3.05, 3.63) is 35.7 Å². The van der Waals surface area contributed by atoms with Crippen molar-refractivity contribution < 1.29 is 4.79 Å². The van der Waals surface area contributed by atoms with E-state index < -0.39 is 0 Å². The maximum atomic E-state index is 12.3. The summed E-state index contributed by atoms with van der Waals surface area (Å²) in [4.78, 5) is 16.7. The Bertz CT molecular complexity index is 642. The highest BCUT2D eigenvalue weighted by Crippen LogP contribution is 2.18. The molecule has 0 unspecified atom stereocenters. The molecule has 1 atom stereocenters. The van der Waals surface area contributed by atoms with Gasteiger partial charge in [0.05, 0.1) is 11.3 Å². The average Bonchev–Trinajstić information content (AvgIpc) is 3.09. The van der Waals surface area contributed by atoms with Crippen molar-refractivity contribution in [1.82, 2.24) is 24.6 Å². The second-order valence-electron chi connectivity index (χ2n) is 5.62. The van der Waals surface area contributed by atoms with Crippen LogP contribution in [0.5, 0.6) is 0 Å². The Morgan fingerprint density at radius 3 is 3.19 bits per heavy atom. The quantitative estimate of drug-likeness (QED) is 0.918. The monoisotopic (exact) mass is 287 g/mol. The van der Waals surface area contributed by atoms with E-state index in [1.54, 1.807) is 10.9 Å². The third-order valence-electron chi connectivity index (χ3n) is 4.09. The van der Waals surface area contributed by atoms with Crippen molar-refractivity contribution >= 4 is 5.91 Å². The number of nitrogens with zero attached hydrogens (tertiary/aromatic N) is 4. The molecular formula is C15H21N5O. The molecule has 0 spiro atoms. The van der Waals surface area contributed by atoms with Crippen LogP contribution in [-0.4, -0.2) is 31.8 Å². The van der Waals surface area contributed by atoms with Gasteiger partial charge in [-0.25, -0.2) is 4.98 Å². The van der Waals surface area contributed by atoms with Gasteiger partial charge in [0.15, 0.2) is 0 Å². The van der Waals surface area contributed by atoms with Gasteiger partial charge in [0, 0.05) is 45.1 Å². The number of carbonyl (C=O) groups is 1. The standard InChI is InChI=1S/C15H21N5O/c1-3-13-12(10-19(2)18-13)15(21)17-9-11-4-6-20-7-5-16-14(20)8-11/h5,7,10-11H,3-4,6,8-9H2,1-2H3,(H,17,21)/t11-/m0/s1. The first-order chi connectivity index (χ1) is 10.2. The molecule has 3 heterocycles. The van der Waals surface area contributed by atoms with Crippen LogP contribution in [0.3, 0.4) is 0 Å². The Morgan fingerprint density at radius 2 is 2.38 bits per heavy atom. The van der Waals surface area contributed by atoms with Gasteiger partial charge in [0.25, 0.3) is 5.91 Å². The zero-order valence-corrected chi connectivity index (χ0v) is 12.5. The van der Waals surface area contributed by atoms with Crippen LogP contribution in [0.15, 0.2) is 18.6 Å². The van der Waals surface area contributed by atoms with Gasteiger partial charge in [-0.2, -0.15) is 5.10 Å². The molecule has 1 aliphatic rings. The van der Waals surface area contributed by atoms with Crippen molar-refractivity contribution in [2.45, 2.75) is 32.7 Å². The number of amides is 1. The van der Waals surface area contributed by atoms with Crippen molar-refractivity contribution in [2.75, 3.05) is 6.54 Å². The minimum absolute atomic E-state index is 0.0196. The van der Waals surface area contributed by atoms with Gasteiger partial charge in [-0.1, -0.05) is 6.92 Å². The summed E-state index contributed by atoms with van der Waals surface area (Å²) in [5.41, 5.74) is 1.55. The van der Waals surface area contributed by atoms with Gasteiger partial charge in [-0.3, -0.25) is 9.48 Å². The van der Waals surface area contributed by atoms with E-state index in [1.165, 1.54) is 0 Å². The smallest absolute Gasteiger partial charge is 0.254 e. The number of aryl methyl sites for hydroxylation is 3. The first-order valence-corrected chi connectivity index (χ1v) is 7.48. The first-order valence-electron chi connectivity index (χ1n) is 7.48. The lowest BCUT2D eigenvalue weighted by atomic mass is 9.97. The normalized spacial score (nSPS) is 17.5. The minimum atomic E-state index is -0.0196. The number of nitrogens with one attached hydrogen (secondary N) is 1. The molecule has 2 aromatic heterocycles. The van der Waals surface area contributed by atoms with Gasteiger partial charge in [-0.15, -0.1) is 0 Å². The molecule has 112 valence electrons. The third-order valence-corrected chi connectivity index (χ3v) is 4.09. The Hall–Kier alpha value is -2.11. The molecule has 1 aliphatic heterocycles. The van der Waals surface area contributed by atoms with Crippen LogP contribution < -0.4 is 5.32 Å². The molecular weight excluding hydrogens is 266 g/mol. The van der Waals surface area contributed by atoms with E-state index in [9.17, 15) is 4.79 Å². The van der Waals surface area contributed by atoms with Crippen molar-refractivity contribution in [3.8, 4) is 0 Å². The lowest BCUT2D eigenvalue weighted by Gasteiger charge is -2.23. The van der Waals surface area contributed by atoms with Crippen LogP contribution in [0.4, 0.5) is 0 Å². The molecule has 21 heavy (non-hydrogen) atoms. The highest BCUT2D eigenvalue weighted by Gasteiger charge is 2.21. The number of aromatic nitrogens is 4. The molecule has 1 N–H and O–H groups in total. The summed E-state index contributed by atoms with van der Waals surface area (Å²) in [6.07, 6.45) is 8.44. The second kappa shape index (κ2) is 5.71. The summed E-state index contributed by atoms with van der Waals surface area (Å²) in [5.74, 6) is 1.57. The molecule has 2 aromatic rings. The van der Waals surface area contributed by atoms with Crippen molar-refractivity contribution in [1.29, 1.82) is 0 Å². The van der Waals surface area contributed by atoms with E-state index in [0.29, 0.717) is 18.0 Å². The first kappa shape index (κ1) is 13.9. The molecule has 0 saturated carbocycles. The number of rotatable bonds is 4. The second-order valence-corrected chi connectivity index (χ2v) is 5.62. The summed E-state index contributed by atoms with van der Waals surface area (Å²) in [6, 6.07) is 0. The highest BCUT2D eigenvalue weighted by molar-refractivity contribution is 5.95. The summed E-state index contributed by atoms with van der Waals surface area (Å²) >= 11 is 0. The van der Waals surface area contributed by atoms with Crippen LogP contribution in [0.2, 0.25) is 0 Å². The number of hydrogen-bond donors (Lipinski definition) is 1. The van der Waals surface area contributed by atoms with Gasteiger partial charge in [0.2, 0.25) is 0 Å². The van der Waals surface area contributed by atoms with Crippen molar-refractivity contribution in [2.24, 2.45) is 13.0 Å². The Labute approximate surface area is 124 Å². The number of hydrogen-bond acceptors (Lipinski definition) is 3. The van der Waals surface area contributed by atoms with Gasteiger partial charge >= 0.3 is 0 Å². The van der Waals surface area contributed by atoms with Crippen LogP contribution in [0.25, 0.3) is 0 Å². The third kappa shape index (κ3) is 2.84. The SMILES string of the molecule is CCc1nn(C)cc1C(=O)NC[C@H]1CCn2ccnc2C1. The molecule has 0 aromatic carbocycles. The number of fused-ring (bicyclic) bond motifs is 1. The minimum Gasteiger partial charge on any atom is -0.352 e. The fourth-order valence-corrected chi connectivity index (χ4v) is 2.91. The summed E-state index contributed by atoms with van der Waals surface area (Å²) in [7, 11) is 1.84. The van der Waals surface area contributed by atoms with Crippen LogP contribution in [0, 0.1) is 5.92 Å².